The van der Waals surface area contributed by atoms with E-state index in [0.29, 0.717) is 29.7 Å². The van der Waals surface area contributed by atoms with E-state index < -0.39 is 11.9 Å². The molecule has 0 radical (unpaired) electrons. The standard InChI is InChI=1S/C23H20O5/c1-28-21-10-6-5-9-16(21)12-18-13-17(11-15-7-3-2-4-8-15)19(22(24)25)14-20(18)23(26)27/h2-10,13-14H,11-12H2,1H3,(H,24,25)(H,26,27). The molecule has 3 aromatic rings. The molecule has 0 bridgehead atoms. The first kappa shape index (κ1) is 19.2. The third kappa shape index (κ3) is 4.20. The second-order valence-corrected chi connectivity index (χ2v) is 6.43. The van der Waals surface area contributed by atoms with Crippen LogP contribution in [0.4, 0.5) is 0 Å². The highest BCUT2D eigenvalue weighted by molar-refractivity contribution is 5.96. The molecule has 0 amide bonds. The van der Waals surface area contributed by atoms with Crippen LogP contribution < -0.4 is 4.74 Å². The molecule has 28 heavy (non-hydrogen) atoms. The van der Waals surface area contributed by atoms with Crippen LogP contribution in [-0.4, -0.2) is 29.3 Å². The monoisotopic (exact) mass is 376 g/mol. The number of hydrogen-bond donors (Lipinski definition) is 2. The van der Waals surface area contributed by atoms with Gasteiger partial charge in [0.25, 0.3) is 0 Å². The van der Waals surface area contributed by atoms with E-state index in [1.165, 1.54) is 6.07 Å². The summed E-state index contributed by atoms with van der Waals surface area (Å²) in [5.74, 6) is -1.64. The third-order valence-corrected chi connectivity index (χ3v) is 4.60. The normalized spacial score (nSPS) is 10.5. The molecule has 0 aliphatic heterocycles. The topological polar surface area (TPSA) is 83.8 Å². The van der Waals surface area contributed by atoms with E-state index in [1.807, 2.05) is 54.6 Å². The number of methoxy groups -OCH3 is 1. The van der Waals surface area contributed by atoms with Gasteiger partial charge in [0.05, 0.1) is 18.2 Å². The fourth-order valence-corrected chi connectivity index (χ4v) is 3.26. The first-order valence-electron chi connectivity index (χ1n) is 8.77. The minimum atomic E-state index is -1.15. The van der Waals surface area contributed by atoms with Crippen molar-refractivity contribution < 1.29 is 24.5 Å². The lowest BCUT2D eigenvalue weighted by molar-refractivity contribution is 0.0695. The molecule has 0 heterocycles. The van der Waals surface area contributed by atoms with Crippen molar-refractivity contribution in [1.82, 2.24) is 0 Å². The molecule has 0 aliphatic rings. The predicted molar refractivity (Wildman–Crippen MR) is 105 cm³/mol. The van der Waals surface area contributed by atoms with E-state index in [1.54, 1.807) is 13.2 Å². The molecule has 0 aromatic heterocycles. The molecule has 0 unspecified atom stereocenters. The zero-order chi connectivity index (χ0) is 20.1. The number of rotatable bonds is 7. The molecule has 5 nitrogen and oxygen atoms in total. The number of ether oxygens (including phenoxy) is 1. The Balaban J connectivity index is 2.10. The Labute approximate surface area is 162 Å². The van der Waals surface area contributed by atoms with E-state index >= 15 is 0 Å². The Morgan fingerprint density at radius 3 is 1.93 bits per heavy atom. The van der Waals surface area contributed by atoms with Crippen LogP contribution in [0.3, 0.4) is 0 Å². The van der Waals surface area contributed by atoms with Gasteiger partial charge in [0, 0.05) is 6.42 Å². The van der Waals surface area contributed by atoms with Gasteiger partial charge in [-0.05, 0) is 40.8 Å². The second kappa shape index (κ2) is 8.39. The lowest BCUT2D eigenvalue weighted by Crippen LogP contribution is -2.11. The van der Waals surface area contributed by atoms with Crippen LogP contribution in [0.25, 0.3) is 0 Å². The number of aromatic carboxylic acids is 2. The molecular weight excluding hydrogens is 356 g/mol. The summed E-state index contributed by atoms with van der Waals surface area (Å²) in [7, 11) is 1.56. The minimum absolute atomic E-state index is 0.00466. The Kier molecular flexibility index (Phi) is 5.75. The summed E-state index contributed by atoms with van der Waals surface area (Å²) < 4.78 is 5.36. The van der Waals surface area contributed by atoms with Crippen LogP contribution in [0.2, 0.25) is 0 Å². The Bertz CT molecular complexity index is 1010. The van der Waals surface area contributed by atoms with Crippen LogP contribution >= 0.6 is 0 Å². The molecule has 0 spiro atoms. The van der Waals surface area contributed by atoms with Gasteiger partial charge in [0.15, 0.2) is 0 Å². The Morgan fingerprint density at radius 1 is 0.750 bits per heavy atom. The molecule has 0 aliphatic carbocycles. The van der Waals surface area contributed by atoms with Crippen molar-refractivity contribution in [3.8, 4) is 5.75 Å². The van der Waals surface area contributed by atoms with Crippen LogP contribution in [0, 0.1) is 0 Å². The summed E-state index contributed by atoms with van der Waals surface area (Å²) in [6, 6.07) is 19.8. The number of para-hydroxylation sites is 1. The first-order chi connectivity index (χ1) is 13.5. The molecule has 3 rings (SSSR count). The summed E-state index contributed by atoms with van der Waals surface area (Å²) >= 11 is 0. The molecule has 0 saturated carbocycles. The third-order valence-electron chi connectivity index (χ3n) is 4.60. The fraction of sp³-hybridized carbons (Fsp3) is 0.130. The van der Waals surface area contributed by atoms with Crippen molar-refractivity contribution in [3.63, 3.8) is 0 Å². The van der Waals surface area contributed by atoms with E-state index in [-0.39, 0.29) is 11.1 Å². The van der Waals surface area contributed by atoms with Gasteiger partial charge in [0.2, 0.25) is 0 Å². The highest BCUT2D eigenvalue weighted by atomic mass is 16.5. The number of carboxylic acid groups (broad SMARTS) is 2. The predicted octanol–water partition coefficient (Wildman–Crippen LogP) is 4.27. The van der Waals surface area contributed by atoms with Gasteiger partial charge in [-0.2, -0.15) is 0 Å². The van der Waals surface area contributed by atoms with Gasteiger partial charge >= 0.3 is 11.9 Å². The van der Waals surface area contributed by atoms with Crippen molar-refractivity contribution in [1.29, 1.82) is 0 Å². The average Bonchev–Trinajstić information content (AvgIpc) is 2.69. The van der Waals surface area contributed by atoms with Crippen LogP contribution in [-0.2, 0) is 12.8 Å². The van der Waals surface area contributed by atoms with E-state index in [9.17, 15) is 19.8 Å². The number of carbonyl (C=O) groups is 2. The average molecular weight is 376 g/mol. The van der Waals surface area contributed by atoms with Gasteiger partial charge in [0.1, 0.15) is 5.75 Å². The lowest BCUT2D eigenvalue weighted by Gasteiger charge is -2.14. The Morgan fingerprint density at radius 2 is 1.32 bits per heavy atom. The summed E-state index contributed by atoms with van der Waals surface area (Å²) in [4.78, 5) is 23.5. The van der Waals surface area contributed by atoms with Crippen molar-refractivity contribution in [2.45, 2.75) is 12.8 Å². The zero-order valence-electron chi connectivity index (χ0n) is 15.4. The van der Waals surface area contributed by atoms with E-state index in [2.05, 4.69) is 0 Å². The van der Waals surface area contributed by atoms with Crippen LogP contribution in [0.15, 0.2) is 66.7 Å². The van der Waals surface area contributed by atoms with Crippen molar-refractivity contribution >= 4 is 11.9 Å². The maximum atomic E-state index is 11.8. The molecule has 2 N–H and O–H groups in total. The molecular formula is C23H20O5. The largest absolute Gasteiger partial charge is 0.496 e. The summed E-state index contributed by atoms with van der Waals surface area (Å²) in [6.07, 6.45) is 0.731. The fourth-order valence-electron chi connectivity index (χ4n) is 3.26. The summed E-state index contributed by atoms with van der Waals surface area (Å²) in [6.45, 7) is 0. The van der Waals surface area contributed by atoms with Gasteiger partial charge in [-0.1, -0.05) is 54.6 Å². The quantitative estimate of drug-likeness (QED) is 0.643. The Hall–Kier alpha value is -3.60. The SMILES string of the molecule is COc1ccccc1Cc1cc(Cc2ccccc2)c(C(=O)O)cc1C(=O)O. The highest BCUT2D eigenvalue weighted by Crippen LogP contribution is 2.26. The number of benzene rings is 3. The van der Waals surface area contributed by atoms with Crippen molar-refractivity contribution in [2.24, 2.45) is 0 Å². The van der Waals surface area contributed by atoms with E-state index in [0.717, 1.165) is 11.1 Å². The maximum Gasteiger partial charge on any atom is 0.336 e. The molecule has 0 fully saturated rings. The number of carboxylic acids is 2. The van der Waals surface area contributed by atoms with Crippen LogP contribution in [0.1, 0.15) is 43.0 Å². The molecule has 0 atom stereocenters. The van der Waals surface area contributed by atoms with Crippen molar-refractivity contribution in [3.05, 3.63) is 100 Å². The molecule has 0 saturated heterocycles. The molecule has 5 heteroatoms. The van der Waals surface area contributed by atoms with Crippen LogP contribution in [0.5, 0.6) is 5.75 Å². The second-order valence-electron chi connectivity index (χ2n) is 6.43. The lowest BCUT2D eigenvalue weighted by atomic mass is 9.91. The van der Waals surface area contributed by atoms with Gasteiger partial charge in [-0.3, -0.25) is 0 Å². The molecule has 142 valence electrons. The first-order valence-corrected chi connectivity index (χ1v) is 8.77. The molecule has 3 aromatic carbocycles. The van der Waals surface area contributed by atoms with Crippen molar-refractivity contribution in [2.75, 3.05) is 7.11 Å². The summed E-state index contributed by atoms with van der Waals surface area (Å²) in [5.41, 5.74) is 2.91. The highest BCUT2D eigenvalue weighted by Gasteiger charge is 2.20. The minimum Gasteiger partial charge on any atom is -0.496 e. The zero-order valence-corrected chi connectivity index (χ0v) is 15.4. The van der Waals surface area contributed by atoms with E-state index in [4.69, 9.17) is 4.74 Å². The van der Waals surface area contributed by atoms with Gasteiger partial charge in [-0.15, -0.1) is 0 Å². The maximum absolute atomic E-state index is 11.8. The smallest absolute Gasteiger partial charge is 0.336 e. The summed E-state index contributed by atoms with van der Waals surface area (Å²) in [5, 5.41) is 19.2. The number of hydrogen-bond acceptors (Lipinski definition) is 3. The van der Waals surface area contributed by atoms with Gasteiger partial charge < -0.3 is 14.9 Å². The van der Waals surface area contributed by atoms with Gasteiger partial charge in [-0.25, -0.2) is 9.59 Å².